The predicted molar refractivity (Wildman–Crippen MR) is 109 cm³/mol. The topological polar surface area (TPSA) is 70.0 Å². The van der Waals surface area contributed by atoms with Gasteiger partial charge in [0.25, 0.3) is 0 Å². The van der Waals surface area contributed by atoms with Crippen LogP contribution in [0.2, 0.25) is 0 Å². The third kappa shape index (κ3) is 3.97. The summed E-state index contributed by atoms with van der Waals surface area (Å²) in [6.07, 6.45) is 0. The highest BCUT2D eigenvalue weighted by molar-refractivity contribution is 5.89. The van der Waals surface area contributed by atoms with Crippen LogP contribution < -0.4 is 14.2 Å². The summed E-state index contributed by atoms with van der Waals surface area (Å²) in [5.41, 5.74) is 3.37. The number of hydrogen-bond donors (Lipinski definition) is 1. The number of phenols is 1. The highest BCUT2D eigenvalue weighted by atomic mass is 16.5. The van der Waals surface area contributed by atoms with E-state index in [1.165, 1.54) is 14.2 Å². The van der Waals surface area contributed by atoms with Crippen molar-refractivity contribution in [3.63, 3.8) is 0 Å². The van der Waals surface area contributed by atoms with Crippen molar-refractivity contribution in [2.24, 2.45) is 0 Å². The maximum atomic E-state index is 10.2. The Bertz CT molecular complexity index is 946. The summed E-state index contributed by atoms with van der Waals surface area (Å²) in [4.78, 5) is 4.83. The molecule has 0 radical (unpaired) electrons. The number of aromatic hydroxyl groups is 1. The molecule has 28 heavy (non-hydrogen) atoms. The van der Waals surface area contributed by atoms with Gasteiger partial charge in [-0.3, -0.25) is 0 Å². The predicted octanol–water partition coefficient (Wildman–Crippen LogP) is 4.35. The minimum atomic E-state index is -0.0359. The molecule has 0 saturated heterocycles. The Morgan fingerprint density at radius 3 is 2.32 bits per heavy atom. The van der Waals surface area contributed by atoms with Crippen LogP contribution in [0.3, 0.4) is 0 Å². The molecular formula is C22H25NO5. The zero-order valence-electron chi connectivity index (χ0n) is 16.6. The molecular weight excluding hydrogens is 358 g/mol. The van der Waals surface area contributed by atoms with Crippen molar-refractivity contribution in [3.05, 3.63) is 42.0 Å². The number of aryl methyl sites for hydroxylation is 1. The van der Waals surface area contributed by atoms with Crippen molar-refractivity contribution in [2.45, 2.75) is 13.8 Å². The summed E-state index contributed by atoms with van der Waals surface area (Å²) in [5, 5.41) is 11.2. The van der Waals surface area contributed by atoms with E-state index in [1.807, 2.05) is 38.1 Å². The van der Waals surface area contributed by atoms with E-state index in [9.17, 15) is 5.11 Å². The summed E-state index contributed by atoms with van der Waals surface area (Å²) in [5.74, 6) is 1.33. The summed E-state index contributed by atoms with van der Waals surface area (Å²) >= 11 is 0. The fraction of sp³-hybridized carbons (Fsp3) is 0.318. The second-order valence-electron chi connectivity index (χ2n) is 6.25. The molecule has 1 N–H and O–H groups in total. The molecule has 0 spiro atoms. The molecule has 1 heterocycles. The Kier molecular flexibility index (Phi) is 6.21. The van der Waals surface area contributed by atoms with Crippen molar-refractivity contribution in [3.8, 4) is 34.3 Å². The van der Waals surface area contributed by atoms with Crippen LogP contribution in [0.1, 0.15) is 12.5 Å². The van der Waals surface area contributed by atoms with Crippen LogP contribution in [-0.2, 0) is 4.74 Å². The van der Waals surface area contributed by atoms with Crippen molar-refractivity contribution in [2.75, 3.05) is 34.0 Å². The lowest BCUT2D eigenvalue weighted by atomic mass is 10.0. The number of nitrogens with zero attached hydrogens (tertiary/aromatic N) is 1. The van der Waals surface area contributed by atoms with Gasteiger partial charge < -0.3 is 24.1 Å². The van der Waals surface area contributed by atoms with E-state index in [1.54, 1.807) is 12.1 Å². The number of rotatable bonds is 8. The average molecular weight is 383 g/mol. The number of pyridine rings is 1. The number of benzene rings is 2. The Hall–Kier alpha value is -2.99. The van der Waals surface area contributed by atoms with E-state index in [0.29, 0.717) is 37.1 Å². The van der Waals surface area contributed by atoms with Crippen LogP contribution in [0.5, 0.6) is 23.0 Å². The first-order chi connectivity index (χ1) is 13.6. The zero-order chi connectivity index (χ0) is 20.1. The third-order valence-corrected chi connectivity index (χ3v) is 4.47. The minimum absolute atomic E-state index is 0.0359. The molecule has 6 nitrogen and oxygen atoms in total. The molecule has 148 valence electrons. The van der Waals surface area contributed by atoms with Gasteiger partial charge >= 0.3 is 0 Å². The van der Waals surface area contributed by atoms with Crippen LogP contribution in [-0.4, -0.2) is 44.1 Å². The van der Waals surface area contributed by atoms with Gasteiger partial charge in [-0.25, -0.2) is 4.98 Å². The monoisotopic (exact) mass is 383 g/mol. The first kappa shape index (κ1) is 19.8. The lowest BCUT2D eigenvalue weighted by Crippen LogP contribution is -2.07. The van der Waals surface area contributed by atoms with Gasteiger partial charge in [-0.05, 0) is 43.7 Å². The highest BCUT2D eigenvalue weighted by Crippen LogP contribution is 2.40. The first-order valence-corrected chi connectivity index (χ1v) is 9.15. The van der Waals surface area contributed by atoms with Crippen LogP contribution >= 0.6 is 0 Å². The van der Waals surface area contributed by atoms with Gasteiger partial charge in [0, 0.05) is 17.6 Å². The van der Waals surface area contributed by atoms with Gasteiger partial charge in [0.05, 0.1) is 26.5 Å². The van der Waals surface area contributed by atoms with Crippen LogP contribution in [0, 0.1) is 6.92 Å². The number of fused-ring (bicyclic) bond motifs is 1. The second-order valence-corrected chi connectivity index (χ2v) is 6.25. The summed E-state index contributed by atoms with van der Waals surface area (Å²) < 4.78 is 21.8. The molecule has 0 amide bonds. The largest absolute Gasteiger partial charge is 0.502 e. The van der Waals surface area contributed by atoms with Crippen molar-refractivity contribution >= 4 is 10.9 Å². The Morgan fingerprint density at radius 2 is 1.68 bits per heavy atom. The smallest absolute Gasteiger partial charge is 0.200 e. The molecule has 0 saturated carbocycles. The fourth-order valence-corrected chi connectivity index (χ4v) is 3.05. The summed E-state index contributed by atoms with van der Waals surface area (Å²) in [6, 6.07) is 11.4. The number of methoxy groups -OCH3 is 2. The van der Waals surface area contributed by atoms with Gasteiger partial charge in [-0.1, -0.05) is 12.1 Å². The number of phenolic OH excluding ortho intramolecular Hbond substituents is 1. The van der Waals surface area contributed by atoms with Gasteiger partial charge in [0.2, 0.25) is 5.75 Å². The average Bonchev–Trinajstić information content (AvgIpc) is 2.71. The van der Waals surface area contributed by atoms with Crippen molar-refractivity contribution in [1.29, 1.82) is 0 Å². The van der Waals surface area contributed by atoms with Gasteiger partial charge in [-0.15, -0.1) is 0 Å². The van der Waals surface area contributed by atoms with Gasteiger partial charge in [0.1, 0.15) is 17.9 Å². The normalized spacial score (nSPS) is 10.9. The summed E-state index contributed by atoms with van der Waals surface area (Å²) in [6.45, 7) is 5.63. The van der Waals surface area contributed by atoms with Gasteiger partial charge in [-0.2, -0.15) is 0 Å². The van der Waals surface area contributed by atoms with Crippen molar-refractivity contribution < 1.29 is 24.1 Å². The molecule has 3 aromatic rings. The molecule has 0 fully saturated rings. The maximum absolute atomic E-state index is 10.2. The quantitative estimate of drug-likeness (QED) is 0.583. The Balaban J connectivity index is 2.08. The third-order valence-electron chi connectivity index (χ3n) is 4.47. The molecule has 2 aromatic carbocycles. The lowest BCUT2D eigenvalue weighted by Gasteiger charge is -2.14. The van der Waals surface area contributed by atoms with E-state index in [2.05, 4.69) is 0 Å². The van der Waals surface area contributed by atoms with Crippen LogP contribution in [0.15, 0.2) is 36.4 Å². The lowest BCUT2D eigenvalue weighted by molar-refractivity contribution is 0.110. The van der Waals surface area contributed by atoms with E-state index in [4.69, 9.17) is 23.9 Å². The molecule has 0 aliphatic carbocycles. The Labute approximate surface area is 164 Å². The highest BCUT2D eigenvalue weighted by Gasteiger charge is 2.15. The van der Waals surface area contributed by atoms with E-state index in [-0.39, 0.29) is 5.75 Å². The molecule has 0 unspecified atom stereocenters. The number of para-hydroxylation sites is 1. The zero-order valence-corrected chi connectivity index (χ0v) is 16.6. The van der Waals surface area contributed by atoms with E-state index in [0.717, 1.165) is 27.7 Å². The SMILES string of the molecule is CCOCCOc1cccc2c(C)cc(-c3cc(OC)c(O)c(OC)c3)nc12. The van der Waals surface area contributed by atoms with Crippen LogP contribution in [0.25, 0.3) is 22.2 Å². The number of hydrogen-bond acceptors (Lipinski definition) is 6. The molecule has 0 aliphatic heterocycles. The molecule has 0 atom stereocenters. The number of ether oxygens (including phenoxy) is 4. The Morgan fingerprint density at radius 1 is 0.964 bits per heavy atom. The number of aromatic nitrogens is 1. The molecule has 3 rings (SSSR count). The van der Waals surface area contributed by atoms with E-state index >= 15 is 0 Å². The molecule has 0 aliphatic rings. The second kappa shape index (κ2) is 8.80. The molecule has 1 aromatic heterocycles. The fourth-order valence-electron chi connectivity index (χ4n) is 3.05. The van der Waals surface area contributed by atoms with Crippen molar-refractivity contribution in [1.82, 2.24) is 4.98 Å². The molecule has 0 bridgehead atoms. The van der Waals surface area contributed by atoms with Crippen LogP contribution in [0.4, 0.5) is 0 Å². The minimum Gasteiger partial charge on any atom is -0.502 e. The summed E-state index contributed by atoms with van der Waals surface area (Å²) in [7, 11) is 3.00. The first-order valence-electron chi connectivity index (χ1n) is 9.15. The van der Waals surface area contributed by atoms with Gasteiger partial charge in [0.15, 0.2) is 11.5 Å². The standard InChI is InChI=1S/C22H25NO5/c1-5-27-9-10-28-18-8-6-7-16-14(2)11-17(23-21(16)18)15-12-19(25-3)22(24)20(13-15)26-4/h6-8,11-13,24H,5,9-10H2,1-4H3. The molecule has 6 heteroatoms. The van der Waals surface area contributed by atoms with E-state index < -0.39 is 0 Å². The maximum Gasteiger partial charge on any atom is 0.200 e.